The molecule has 0 atom stereocenters. The number of piperazine rings is 1. The highest BCUT2D eigenvalue weighted by Gasteiger charge is 2.24. The zero-order valence-electron chi connectivity index (χ0n) is 8.79. The topological polar surface area (TPSA) is 61.4 Å². The van der Waals surface area contributed by atoms with Crippen molar-refractivity contribution in [3.05, 3.63) is 0 Å². The molecule has 1 saturated carbocycles. The molecule has 0 aromatic rings. The number of nitrogens with zero attached hydrogens (tertiary/aromatic N) is 1. The number of nitrogens with one attached hydrogen (secondary N) is 2. The van der Waals surface area contributed by atoms with Gasteiger partial charge in [0.2, 0.25) is 5.91 Å². The van der Waals surface area contributed by atoms with Gasteiger partial charge in [0.05, 0.1) is 0 Å². The fourth-order valence-electron chi connectivity index (χ4n) is 2.15. The van der Waals surface area contributed by atoms with E-state index in [1.165, 1.54) is 12.8 Å². The lowest BCUT2D eigenvalue weighted by atomic mass is 10.2. The van der Waals surface area contributed by atoms with E-state index in [1.54, 1.807) is 4.90 Å². The van der Waals surface area contributed by atoms with E-state index in [1.807, 2.05) is 0 Å². The minimum absolute atomic E-state index is 0.0668. The number of hydrogen-bond donors (Lipinski definition) is 2. The molecule has 0 aromatic carbocycles. The summed E-state index contributed by atoms with van der Waals surface area (Å²) >= 11 is 0. The largest absolute Gasteiger partial charge is 0.353 e. The van der Waals surface area contributed by atoms with Gasteiger partial charge < -0.3 is 15.5 Å². The van der Waals surface area contributed by atoms with Gasteiger partial charge in [-0.25, -0.2) is 4.79 Å². The third-order valence-electron chi connectivity index (χ3n) is 3.01. The summed E-state index contributed by atoms with van der Waals surface area (Å²) in [4.78, 5) is 24.4. The predicted molar refractivity (Wildman–Crippen MR) is 55.4 cm³/mol. The van der Waals surface area contributed by atoms with Crippen molar-refractivity contribution in [3.63, 3.8) is 0 Å². The van der Waals surface area contributed by atoms with Gasteiger partial charge in [0, 0.05) is 19.1 Å². The fourth-order valence-corrected chi connectivity index (χ4v) is 2.15. The molecular formula is C10H17N3O2. The Bertz CT molecular complexity index is 261. The second-order valence-electron chi connectivity index (χ2n) is 4.20. The standard InChI is InChI=1S/C10H17N3O2/c14-9-7-13(6-5-11-9)10(15)12-8-3-1-2-4-8/h8H,1-7H2,(H,11,14)(H,12,15). The summed E-state index contributed by atoms with van der Waals surface area (Å²) in [6.45, 7) is 1.37. The molecule has 2 aliphatic rings. The number of urea groups is 1. The number of amides is 3. The maximum atomic E-state index is 11.7. The molecule has 5 nitrogen and oxygen atoms in total. The second-order valence-corrected chi connectivity index (χ2v) is 4.20. The van der Waals surface area contributed by atoms with Gasteiger partial charge in [0.1, 0.15) is 6.54 Å². The zero-order chi connectivity index (χ0) is 10.7. The molecule has 15 heavy (non-hydrogen) atoms. The molecule has 0 aromatic heterocycles. The van der Waals surface area contributed by atoms with Crippen LogP contribution < -0.4 is 10.6 Å². The van der Waals surface area contributed by atoms with Crippen LogP contribution in [0.15, 0.2) is 0 Å². The number of carbonyl (C=O) groups excluding carboxylic acids is 2. The third kappa shape index (κ3) is 2.61. The van der Waals surface area contributed by atoms with Crippen molar-refractivity contribution >= 4 is 11.9 Å². The average Bonchev–Trinajstić information content (AvgIpc) is 2.70. The summed E-state index contributed by atoms with van der Waals surface area (Å²) in [5.74, 6) is -0.0668. The smallest absolute Gasteiger partial charge is 0.318 e. The molecular weight excluding hydrogens is 194 g/mol. The highest BCUT2D eigenvalue weighted by molar-refractivity contribution is 5.85. The van der Waals surface area contributed by atoms with Gasteiger partial charge in [0.15, 0.2) is 0 Å². The van der Waals surface area contributed by atoms with Crippen molar-refractivity contribution in [1.82, 2.24) is 15.5 Å². The van der Waals surface area contributed by atoms with E-state index in [2.05, 4.69) is 10.6 Å². The lowest BCUT2D eigenvalue weighted by Gasteiger charge is -2.28. The van der Waals surface area contributed by atoms with Gasteiger partial charge in [-0.2, -0.15) is 0 Å². The first-order valence-electron chi connectivity index (χ1n) is 5.58. The molecule has 84 valence electrons. The first kappa shape index (κ1) is 10.3. The summed E-state index contributed by atoms with van der Waals surface area (Å²) < 4.78 is 0. The minimum atomic E-state index is -0.0863. The molecule has 2 rings (SSSR count). The Hall–Kier alpha value is -1.26. The monoisotopic (exact) mass is 211 g/mol. The zero-order valence-corrected chi connectivity index (χ0v) is 8.79. The first-order valence-corrected chi connectivity index (χ1v) is 5.58. The Morgan fingerprint density at radius 2 is 2.13 bits per heavy atom. The van der Waals surface area contributed by atoms with Crippen molar-refractivity contribution in [2.75, 3.05) is 19.6 Å². The van der Waals surface area contributed by atoms with E-state index in [9.17, 15) is 9.59 Å². The first-order chi connectivity index (χ1) is 7.25. The van der Waals surface area contributed by atoms with Gasteiger partial charge in [0.25, 0.3) is 0 Å². The van der Waals surface area contributed by atoms with E-state index in [0.717, 1.165) is 12.8 Å². The Balaban J connectivity index is 1.81. The van der Waals surface area contributed by atoms with Crippen LogP contribution in [0.2, 0.25) is 0 Å². The third-order valence-corrected chi connectivity index (χ3v) is 3.01. The van der Waals surface area contributed by atoms with Crippen LogP contribution in [0.4, 0.5) is 4.79 Å². The molecule has 3 amide bonds. The van der Waals surface area contributed by atoms with Crippen LogP contribution >= 0.6 is 0 Å². The Kier molecular flexibility index (Phi) is 3.08. The maximum absolute atomic E-state index is 11.7. The van der Waals surface area contributed by atoms with Crippen molar-refractivity contribution < 1.29 is 9.59 Å². The molecule has 1 aliphatic heterocycles. The summed E-state index contributed by atoms with van der Waals surface area (Å²) in [5, 5.41) is 5.68. The van der Waals surface area contributed by atoms with Gasteiger partial charge in [-0.3, -0.25) is 4.79 Å². The summed E-state index contributed by atoms with van der Waals surface area (Å²) in [6.07, 6.45) is 4.55. The van der Waals surface area contributed by atoms with Crippen LogP contribution in [0.3, 0.4) is 0 Å². The lowest BCUT2D eigenvalue weighted by molar-refractivity contribution is -0.123. The highest BCUT2D eigenvalue weighted by atomic mass is 16.2. The molecule has 1 aliphatic carbocycles. The predicted octanol–water partition coefficient (Wildman–Crippen LogP) is 0.0704. The molecule has 1 heterocycles. The molecule has 0 bridgehead atoms. The Labute approximate surface area is 89.2 Å². The van der Waals surface area contributed by atoms with Gasteiger partial charge >= 0.3 is 6.03 Å². The van der Waals surface area contributed by atoms with Crippen molar-refractivity contribution in [1.29, 1.82) is 0 Å². The molecule has 1 saturated heterocycles. The molecule has 0 spiro atoms. The highest BCUT2D eigenvalue weighted by Crippen LogP contribution is 2.17. The van der Waals surface area contributed by atoms with Crippen molar-refractivity contribution in [3.8, 4) is 0 Å². The van der Waals surface area contributed by atoms with Crippen molar-refractivity contribution in [2.24, 2.45) is 0 Å². The number of rotatable bonds is 1. The van der Waals surface area contributed by atoms with Crippen LogP contribution in [0.5, 0.6) is 0 Å². The van der Waals surface area contributed by atoms with Gasteiger partial charge in [-0.1, -0.05) is 12.8 Å². The van der Waals surface area contributed by atoms with Crippen LogP contribution in [0.1, 0.15) is 25.7 Å². The summed E-state index contributed by atoms with van der Waals surface area (Å²) in [5.41, 5.74) is 0. The van der Waals surface area contributed by atoms with Gasteiger partial charge in [-0.05, 0) is 12.8 Å². The van der Waals surface area contributed by atoms with E-state index in [4.69, 9.17) is 0 Å². The SMILES string of the molecule is O=C1CN(C(=O)NC2CCCC2)CCN1. The average molecular weight is 211 g/mol. The van der Waals surface area contributed by atoms with E-state index in [-0.39, 0.29) is 18.5 Å². The molecule has 0 unspecified atom stereocenters. The van der Waals surface area contributed by atoms with E-state index < -0.39 is 0 Å². The van der Waals surface area contributed by atoms with Crippen molar-refractivity contribution in [2.45, 2.75) is 31.7 Å². The lowest BCUT2D eigenvalue weighted by Crippen LogP contribution is -2.54. The quantitative estimate of drug-likeness (QED) is 0.644. The molecule has 5 heteroatoms. The molecule has 0 radical (unpaired) electrons. The van der Waals surface area contributed by atoms with Gasteiger partial charge in [-0.15, -0.1) is 0 Å². The summed E-state index contributed by atoms with van der Waals surface area (Å²) in [7, 11) is 0. The summed E-state index contributed by atoms with van der Waals surface area (Å²) in [6, 6.07) is 0.235. The minimum Gasteiger partial charge on any atom is -0.353 e. The van der Waals surface area contributed by atoms with Crippen LogP contribution in [-0.4, -0.2) is 42.5 Å². The molecule has 2 fully saturated rings. The van der Waals surface area contributed by atoms with Crippen LogP contribution in [0.25, 0.3) is 0 Å². The second kappa shape index (κ2) is 4.51. The molecule has 2 N–H and O–H groups in total. The van der Waals surface area contributed by atoms with Crippen LogP contribution in [0, 0.1) is 0 Å². The van der Waals surface area contributed by atoms with E-state index >= 15 is 0 Å². The fraction of sp³-hybridized carbons (Fsp3) is 0.800. The van der Waals surface area contributed by atoms with Crippen LogP contribution in [-0.2, 0) is 4.79 Å². The van der Waals surface area contributed by atoms with E-state index in [0.29, 0.717) is 19.1 Å². The Morgan fingerprint density at radius 3 is 2.80 bits per heavy atom. The number of hydrogen-bond acceptors (Lipinski definition) is 2. The number of carbonyl (C=O) groups is 2. The normalized spacial score (nSPS) is 22.7. The Morgan fingerprint density at radius 1 is 1.40 bits per heavy atom. The maximum Gasteiger partial charge on any atom is 0.318 e.